The van der Waals surface area contributed by atoms with Crippen molar-refractivity contribution in [2.24, 2.45) is 7.05 Å². The van der Waals surface area contributed by atoms with Crippen LogP contribution in [0.1, 0.15) is 38.2 Å². The third-order valence-electron chi connectivity index (χ3n) is 4.86. The van der Waals surface area contributed by atoms with Gasteiger partial charge in [0.15, 0.2) is 0 Å². The standard InChI is InChI=1S/C20H30N4O/c1-20(2,3)16-6-5-7-17(14-16)25-13-12-24-11-8-21-15-18(24)19-22-9-10-23(19)4/h5-7,9-10,14,18,21H,8,11-13,15H2,1-4H3. The van der Waals surface area contributed by atoms with Crippen LogP contribution < -0.4 is 10.1 Å². The summed E-state index contributed by atoms with van der Waals surface area (Å²) in [6.07, 6.45) is 3.88. The Labute approximate surface area is 151 Å². The second kappa shape index (κ2) is 7.58. The third-order valence-corrected chi connectivity index (χ3v) is 4.86. The molecule has 1 aliphatic rings. The van der Waals surface area contributed by atoms with E-state index < -0.39 is 0 Å². The highest BCUT2D eigenvalue weighted by Gasteiger charge is 2.26. The van der Waals surface area contributed by atoms with E-state index in [0.717, 1.165) is 37.8 Å². The Kier molecular flexibility index (Phi) is 5.45. The molecule has 2 heterocycles. The molecule has 1 fully saturated rings. The van der Waals surface area contributed by atoms with Gasteiger partial charge in [0.1, 0.15) is 18.2 Å². The molecule has 136 valence electrons. The van der Waals surface area contributed by atoms with Gasteiger partial charge in [-0.25, -0.2) is 4.98 Å². The average molecular weight is 342 g/mol. The number of ether oxygens (including phenoxy) is 1. The van der Waals surface area contributed by atoms with Gasteiger partial charge >= 0.3 is 0 Å². The van der Waals surface area contributed by atoms with Crippen LogP contribution in [0.2, 0.25) is 0 Å². The average Bonchev–Trinajstić information content (AvgIpc) is 3.01. The van der Waals surface area contributed by atoms with E-state index in [1.54, 1.807) is 0 Å². The normalized spacial score (nSPS) is 19.1. The second-order valence-electron chi connectivity index (χ2n) is 7.78. The van der Waals surface area contributed by atoms with Gasteiger partial charge in [-0.2, -0.15) is 0 Å². The van der Waals surface area contributed by atoms with Gasteiger partial charge in [0.05, 0.1) is 6.04 Å². The molecule has 1 saturated heterocycles. The first-order valence-electron chi connectivity index (χ1n) is 9.10. The number of piperazine rings is 1. The summed E-state index contributed by atoms with van der Waals surface area (Å²) in [6.45, 7) is 11.2. The van der Waals surface area contributed by atoms with Crippen LogP contribution in [0.3, 0.4) is 0 Å². The number of benzene rings is 1. The van der Waals surface area contributed by atoms with Crippen molar-refractivity contribution in [1.29, 1.82) is 0 Å². The maximum Gasteiger partial charge on any atom is 0.127 e. The quantitative estimate of drug-likeness (QED) is 0.907. The maximum atomic E-state index is 6.05. The van der Waals surface area contributed by atoms with E-state index in [4.69, 9.17) is 4.74 Å². The predicted octanol–water partition coefficient (Wildman–Crippen LogP) is 2.74. The number of nitrogens with zero attached hydrogens (tertiary/aromatic N) is 3. The number of hydrogen-bond donors (Lipinski definition) is 1. The molecule has 1 aromatic heterocycles. The summed E-state index contributed by atoms with van der Waals surface area (Å²) in [4.78, 5) is 7.00. The molecular formula is C20H30N4O. The van der Waals surface area contributed by atoms with Crippen molar-refractivity contribution in [2.75, 3.05) is 32.8 Å². The van der Waals surface area contributed by atoms with Crippen molar-refractivity contribution in [3.63, 3.8) is 0 Å². The molecule has 5 heteroatoms. The molecule has 0 bridgehead atoms. The number of rotatable bonds is 5. The van der Waals surface area contributed by atoms with Crippen LogP contribution in [0.15, 0.2) is 36.7 Å². The molecular weight excluding hydrogens is 312 g/mol. The van der Waals surface area contributed by atoms with Crippen LogP contribution in [0, 0.1) is 0 Å². The molecule has 1 aliphatic heterocycles. The van der Waals surface area contributed by atoms with Crippen molar-refractivity contribution in [3.8, 4) is 5.75 Å². The highest BCUT2D eigenvalue weighted by atomic mass is 16.5. The maximum absolute atomic E-state index is 6.05. The van der Waals surface area contributed by atoms with E-state index >= 15 is 0 Å². The van der Waals surface area contributed by atoms with E-state index in [2.05, 4.69) is 65.8 Å². The molecule has 2 aromatic rings. The Morgan fingerprint density at radius 2 is 2.16 bits per heavy atom. The lowest BCUT2D eigenvalue weighted by Gasteiger charge is -2.35. The first-order chi connectivity index (χ1) is 11.9. The zero-order valence-electron chi connectivity index (χ0n) is 15.8. The highest BCUT2D eigenvalue weighted by Crippen LogP contribution is 2.26. The minimum atomic E-state index is 0.140. The molecule has 1 N–H and O–H groups in total. The Morgan fingerprint density at radius 1 is 1.32 bits per heavy atom. The van der Waals surface area contributed by atoms with Gasteiger partial charge in [0.25, 0.3) is 0 Å². The fraction of sp³-hybridized carbons (Fsp3) is 0.550. The summed E-state index contributed by atoms with van der Waals surface area (Å²) in [5.41, 5.74) is 1.44. The molecule has 0 radical (unpaired) electrons. The largest absolute Gasteiger partial charge is 0.492 e. The molecule has 3 rings (SSSR count). The zero-order chi connectivity index (χ0) is 17.9. The monoisotopic (exact) mass is 342 g/mol. The molecule has 1 atom stereocenters. The minimum Gasteiger partial charge on any atom is -0.492 e. The Balaban J connectivity index is 1.60. The van der Waals surface area contributed by atoms with Gasteiger partial charge in [-0.15, -0.1) is 0 Å². The predicted molar refractivity (Wildman–Crippen MR) is 101 cm³/mol. The first-order valence-corrected chi connectivity index (χ1v) is 9.10. The second-order valence-corrected chi connectivity index (χ2v) is 7.78. The fourth-order valence-electron chi connectivity index (χ4n) is 3.30. The van der Waals surface area contributed by atoms with Crippen molar-refractivity contribution >= 4 is 0 Å². The van der Waals surface area contributed by atoms with Crippen LogP contribution in [0.4, 0.5) is 0 Å². The molecule has 1 unspecified atom stereocenters. The van der Waals surface area contributed by atoms with Crippen molar-refractivity contribution in [2.45, 2.75) is 32.2 Å². The van der Waals surface area contributed by atoms with E-state index in [-0.39, 0.29) is 5.41 Å². The van der Waals surface area contributed by atoms with Gasteiger partial charge in [-0.3, -0.25) is 4.90 Å². The molecule has 1 aromatic carbocycles. The third kappa shape index (κ3) is 4.41. The highest BCUT2D eigenvalue weighted by molar-refractivity contribution is 5.32. The Morgan fingerprint density at radius 3 is 2.88 bits per heavy atom. The van der Waals surface area contributed by atoms with Gasteiger partial charge < -0.3 is 14.6 Å². The first kappa shape index (κ1) is 18.0. The van der Waals surface area contributed by atoms with E-state index in [9.17, 15) is 0 Å². The fourth-order valence-corrected chi connectivity index (χ4v) is 3.30. The van der Waals surface area contributed by atoms with Crippen LogP contribution in [0.5, 0.6) is 5.75 Å². The summed E-state index contributed by atoms with van der Waals surface area (Å²) >= 11 is 0. The summed E-state index contributed by atoms with van der Waals surface area (Å²) in [6, 6.07) is 8.76. The van der Waals surface area contributed by atoms with Gasteiger partial charge in [-0.05, 0) is 23.1 Å². The number of aryl methyl sites for hydroxylation is 1. The SMILES string of the molecule is Cn1ccnc1C1CNCCN1CCOc1cccc(C(C)(C)C)c1. The number of nitrogens with one attached hydrogen (secondary N) is 1. The lowest BCUT2D eigenvalue weighted by atomic mass is 9.87. The molecule has 0 saturated carbocycles. The molecule has 5 nitrogen and oxygen atoms in total. The smallest absolute Gasteiger partial charge is 0.127 e. The lowest BCUT2D eigenvalue weighted by Crippen LogP contribution is -2.48. The summed E-state index contributed by atoms with van der Waals surface area (Å²) in [5, 5.41) is 3.48. The number of aromatic nitrogens is 2. The zero-order valence-corrected chi connectivity index (χ0v) is 15.8. The van der Waals surface area contributed by atoms with Gasteiger partial charge in [-0.1, -0.05) is 32.9 Å². The molecule has 0 spiro atoms. The summed E-state index contributed by atoms with van der Waals surface area (Å²) < 4.78 is 8.16. The van der Waals surface area contributed by atoms with Gasteiger partial charge in [0, 0.05) is 45.6 Å². The van der Waals surface area contributed by atoms with Crippen LogP contribution in [0.25, 0.3) is 0 Å². The molecule has 0 amide bonds. The number of hydrogen-bond acceptors (Lipinski definition) is 4. The Hall–Kier alpha value is -1.85. The van der Waals surface area contributed by atoms with E-state index in [0.29, 0.717) is 12.6 Å². The van der Waals surface area contributed by atoms with Crippen LogP contribution in [-0.4, -0.2) is 47.2 Å². The lowest BCUT2D eigenvalue weighted by molar-refractivity contribution is 0.127. The van der Waals surface area contributed by atoms with Gasteiger partial charge in [0.2, 0.25) is 0 Å². The van der Waals surface area contributed by atoms with E-state index in [1.165, 1.54) is 5.56 Å². The van der Waals surface area contributed by atoms with Crippen LogP contribution in [-0.2, 0) is 12.5 Å². The number of imidazole rings is 1. The Bertz CT molecular complexity index is 689. The topological polar surface area (TPSA) is 42.3 Å². The summed E-state index contributed by atoms with van der Waals surface area (Å²) in [5.74, 6) is 2.07. The molecule has 25 heavy (non-hydrogen) atoms. The van der Waals surface area contributed by atoms with Crippen molar-refractivity contribution in [3.05, 3.63) is 48.0 Å². The van der Waals surface area contributed by atoms with E-state index in [1.807, 2.05) is 18.5 Å². The van der Waals surface area contributed by atoms with Crippen LogP contribution >= 0.6 is 0 Å². The minimum absolute atomic E-state index is 0.140. The van der Waals surface area contributed by atoms with Crippen molar-refractivity contribution in [1.82, 2.24) is 19.8 Å². The van der Waals surface area contributed by atoms with Crippen molar-refractivity contribution < 1.29 is 4.74 Å². The summed E-state index contributed by atoms with van der Waals surface area (Å²) in [7, 11) is 2.06. The molecule has 0 aliphatic carbocycles.